The highest BCUT2D eigenvalue weighted by Crippen LogP contribution is 2.52. The zero-order valence-electron chi connectivity index (χ0n) is 10.5. The maximum Gasteiger partial charge on any atom is 0.332 e. The van der Waals surface area contributed by atoms with E-state index < -0.39 is 5.97 Å². The number of carbonyl (C=O) groups is 1. The van der Waals surface area contributed by atoms with Gasteiger partial charge in [0.05, 0.1) is 0 Å². The van der Waals surface area contributed by atoms with Crippen LogP contribution < -0.4 is 0 Å². The number of carboxylic acid groups (broad SMARTS) is 1. The van der Waals surface area contributed by atoms with E-state index in [1.165, 1.54) is 11.1 Å². The van der Waals surface area contributed by atoms with Crippen molar-refractivity contribution in [3.63, 3.8) is 0 Å². The van der Waals surface area contributed by atoms with Gasteiger partial charge in [0.15, 0.2) is 0 Å². The Morgan fingerprint density at radius 3 is 2.44 bits per heavy atom. The first kappa shape index (κ1) is 11.4. The van der Waals surface area contributed by atoms with Crippen LogP contribution in [-0.4, -0.2) is 11.1 Å². The Morgan fingerprint density at radius 1 is 1.38 bits per heavy atom. The average Bonchev–Trinajstić information content (AvgIpc) is 2.36. The summed E-state index contributed by atoms with van der Waals surface area (Å²) in [6.07, 6.45) is 4.40. The van der Waals surface area contributed by atoms with E-state index in [0.717, 1.165) is 12.8 Å². The van der Waals surface area contributed by atoms with Crippen LogP contribution in [0.15, 0.2) is 22.8 Å². The molecule has 2 heteroatoms. The van der Waals surface area contributed by atoms with E-state index in [1.54, 1.807) is 0 Å². The van der Waals surface area contributed by atoms with E-state index in [4.69, 9.17) is 0 Å². The fourth-order valence-electron chi connectivity index (χ4n) is 3.10. The maximum absolute atomic E-state index is 11.4. The average molecular weight is 220 g/mol. The molecule has 0 bridgehead atoms. The lowest BCUT2D eigenvalue weighted by Gasteiger charge is -2.38. The summed E-state index contributed by atoms with van der Waals surface area (Å²) >= 11 is 0. The molecular weight excluding hydrogens is 200 g/mol. The van der Waals surface area contributed by atoms with E-state index in [-0.39, 0.29) is 5.41 Å². The van der Waals surface area contributed by atoms with Crippen LogP contribution in [0.4, 0.5) is 0 Å². The summed E-state index contributed by atoms with van der Waals surface area (Å²) in [5.74, 6) is 0.371. The summed E-state index contributed by atoms with van der Waals surface area (Å²) in [6, 6.07) is 0. The van der Waals surface area contributed by atoms with Crippen LogP contribution in [0.2, 0.25) is 0 Å². The highest BCUT2D eigenvalue weighted by atomic mass is 16.4. The Kier molecular flexibility index (Phi) is 2.48. The van der Waals surface area contributed by atoms with Gasteiger partial charge in [-0.05, 0) is 31.1 Å². The standard InChI is InChI=1S/C14H20O2/c1-8-5-9-7-11(10(9)6-8)12(13(15)16)14(2,3)4/h6,9-10H,5,7H2,1-4H3,(H,15,16)/t9-,10+/m1/s1. The van der Waals surface area contributed by atoms with Gasteiger partial charge in [0, 0.05) is 11.5 Å². The molecule has 2 aliphatic carbocycles. The van der Waals surface area contributed by atoms with Crippen molar-refractivity contribution in [2.45, 2.75) is 40.5 Å². The Bertz CT molecular complexity index is 393. The minimum atomic E-state index is -0.737. The molecule has 16 heavy (non-hydrogen) atoms. The number of fused-ring (bicyclic) bond motifs is 1. The molecule has 0 spiro atoms. The lowest BCUT2D eigenvalue weighted by atomic mass is 9.65. The number of carboxylic acids is 1. The lowest BCUT2D eigenvalue weighted by Crippen LogP contribution is -2.31. The van der Waals surface area contributed by atoms with Gasteiger partial charge in [-0.2, -0.15) is 0 Å². The fraction of sp³-hybridized carbons (Fsp3) is 0.643. The van der Waals surface area contributed by atoms with Crippen molar-refractivity contribution in [2.75, 3.05) is 0 Å². The molecule has 0 aromatic heterocycles. The molecule has 2 rings (SSSR count). The number of hydrogen-bond acceptors (Lipinski definition) is 1. The lowest BCUT2D eigenvalue weighted by molar-refractivity contribution is -0.133. The maximum atomic E-state index is 11.4. The molecule has 0 saturated heterocycles. The molecule has 88 valence electrons. The first-order chi connectivity index (χ1) is 7.30. The third-order valence-electron chi connectivity index (χ3n) is 3.73. The summed E-state index contributed by atoms with van der Waals surface area (Å²) in [4.78, 5) is 11.4. The molecule has 0 aromatic rings. The molecule has 1 saturated carbocycles. The van der Waals surface area contributed by atoms with Gasteiger partial charge < -0.3 is 5.11 Å². The highest BCUT2D eigenvalue weighted by molar-refractivity contribution is 5.89. The van der Waals surface area contributed by atoms with Gasteiger partial charge in [-0.3, -0.25) is 0 Å². The topological polar surface area (TPSA) is 37.3 Å². The van der Waals surface area contributed by atoms with Crippen LogP contribution in [0.5, 0.6) is 0 Å². The normalized spacial score (nSPS) is 31.6. The number of aliphatic carboxylic acids is 1. The first-order valence-electron chi connectivity index (χ1n) is 5.95. The van der Waals surface area contributed by atoms with E-state index in [2.05, 4.69) is 13.0 Å². The number of hydrogen-bond donors (Lipinski definition) is 1. The van der Waals surface area contributed by atoms with E-state index >= 15 is 0 Å². The smallest absolute Gasteiger partial charge is 0.332 e. The summed E-state index contributed by atoms with van der Waals surface area (Å²) in [6.45, 7) is 8.11. The summed E-state index contributed by atoms with van der Waals surface area (Å²) in [5, 5.41) is 9.35. The minimum Gasteiger partial charge on any atom is -0.478 e. The molecule has 2 nitrogen and oxygen atoms in total. The van der Waals surface area contributed by atoms with Crippen molar-refractivity contribution >= 4 is 5.97 Å². The minimum absolute atomic E-state index is 0.254. The third kappa shape index (κ3) is 1.70. The second-order valence-corrected chi connectivity index (χ2v) is 6.16. The van der Waals surface area contributed by atoms with Gasteiger partial charge in [0.1, 0.15) is 0 Å². The molecule has 1 N–H and O–H groups in total. The van der Waals surface area contributed by atoms with Crippen molar-refractivity contribution in [1.82, 2.24) is 0 Å². The molecular formula is C14H20O2. The summed E-state index contributed by atoms with van der Waals surface area (Å²) < 4.78 is 0. The Balaban J connectivity index is 2.37. The molecule has 1 fully saturated rings. The fourth-order valence-corrected chi connectivity index (χ4v) is 3.10. The van der Waals surface area contributed by atoms with Gasteiger partial charge >= 0.3 is 5.97 Å². The van der Waals surface area contributed by atoms with Gasteiger partial charge in [-0.15, -0.1) is 0 Å². The van der Waals surface area contributed by atoms with Crippen molar-refractivity contribution in [1.29, 1.82) is 0 Å². The molecule has 2 atom stereocenters. The highest BCUT2D eigenvalue weighted by Gasteiger charge is 2.43. The first-order valence-corrected chi connectivity index (χ1v) is 5.95. The molecule has 0 radical (unpaired) electrons. The third-order valence-corrected chi connectivity index (χ3v) is 3.73. The monoisotopic (exact) mass is 220 g/mol. The Labute approximate surface area is 97.0 Å². The van der Waals surface area contributed by atoms with Crippen LogP contribution in [0, 0.1) is 17.3 Å². The molecule has 2 aliphatic rings. The molecule has 0 aliphatic heterocycles. The quantitative estimate of drug-likeness (QED) is 0.543. The number of rotatable bonds is 1. The second kappa shape index (κ2) is 3.47. The van der Waals surface area contributed by atoms with Gasteiger partial charge in [-0.1, -0.05) is 38.0 Å². The zero-order chi connectivity index (χ0) is 12.1. The van der Waals surface area contributed by atoms with Gasteiger partial charge in [-0.25, -0.2) is 4.79 Å². The van der Waals surface area contributed by atoms with E-state index in [0.29, 0.717) is 17.4 Å². The Hall–Kier alpha value is -1.05. The predicted octanol–water partition coefficient (Wildman–Crippen LogP) is 3.40. The van der Waals surface area contributed by atoms with Crippen molar-refractivity contribution in [3.05, 3.63) is 22.8 Å². The van der Waals surface area contributed by atoms with Crippen molar-refractivity contribution < 1.29 is 9.90 Å². The molecule has 0 amide bonds. The largest absolute Gasteiger partial charge is 0.478 e. The summed E-state index contributed by atoms with van der Waals surface area (Å²) in [5.41, 5.74) is 2.97. The van der Waals surface area contributed by atoms with Crippen LogP contribution in [0.1, 0.15) is 40.5 Å². The summed E-state index contributed by atoms with van der Waals surface area (Å²) in [7, 11) is 0. The second-order valence-electron chi connectivity index (χ2n) is 6.16. The van der Waals surface area contributed by atoms with Crippen molar-refractivity contribution in [2.24, 2.45) is 17.3 Å². The molecule has 0 aromatic carbocycles. The van der Waals surface area contributed by atoms with Crippen LogP contribution in [-0.2, 0) is 4.79 Å². The number of allylic oxidation sites excluding steroid dienone is 3. The predicted molar refractivity (Wildman–Crippen MR) is 64.1 cm³/mol. The van der Waals surface area contributed by atoms with Gasteiger partial charge in [0.25, 0.3) is 0 Å². The van der Waals surface area contributed by atoms with Crippen LogP contribution >= 0.6 is 0 Å². The van der Waals surface area contributed by atoms with E-state index in [9.17, 15) is 9.90 Å². The zero-order valence-corrected chi connectivity index (χ0v) is 10.5. The van der Waals surface area contributed by atoms with Crippen LogP contribution in [0.25, 0.3) is 0 Å². The van der Waals surface area contributed by atoms with Crippen LogP contribution in [0.3, 0.4) is 0 Å². The van der Waals surface area contributed by atoms with E-state index in [1.807, 2.05) is 20.8 Å². The Morgan fingerprint density at radius 2 is 2.00 bits per heavy atom. The van der Waals surface area contributed by atoms with Crippen molar-refractivity contribution in [3.8, 4) is 0 Å². The van der Waals surface area contributed by atoms with Gasteiger partial charge in [0.2, 0.25) is 0 Å². The SMILES string of the molecule is CC1=C[C@@H]2C(=C(C(=O)O)C(C)(C)C)C[C@H]2C1. The molecule has 0 unspecified atom stereocenters. The molecule has 0 heterocycles.